The van der Waals surface area contributed by atoms with Gasteiger partial charge < -0.3 is 16.0 Å². The van der Waals surface area contributed by atoms with Crippen molar-refractivity contribution in [1.29, 1.82) is 0 Å². The molecule has 3 N–H and O–H groups in total. The standard InChI is InChI=1S/C15H22N4O/c1-10-7-11(8-14(16)17-10)15(20)18-12-4-6-19-5-2-3-13(19)9-12/h7-8,12-13H,2-6,9H2,1H3,(H2,16,17)(H,18,20). The average Bonchev–Trinajstić information content (AvgIpc) is 2.85. The van der Waals surface area contributed by atoms with Crippen LogP contribution in [-0.4, -0.2) is 41.0 Å². The highest BCUT2D eigenvalue weighted by molar-refractivity contribution is 5.95. The first-order valence-electron chi connectivity index (χ1n) is 7.41. The van der Waals surface area contributed by atoms with Crippen molar-refractivity contribution < 1.29 is 4.79 Å². The summed E-state index contributed by atoms with van der Waals surface area (Å²) >= 11 is 0. The zero-order valence-electron chi connectivity index (χ0n) is 11.9. The van der Waals surface area contributed by atoms with Crippen LogP contribution in [0.3, 0.4) is 0 Å². The highest BCUT2D eigenvalue weighted by Crippen LogP contribution is 2.27. The molecule has 5 heteroatoms. The van der Waals surface area contributed by atoms with Crippen LogP contribution < -0.4 is 11.1 Å². The number of piperidine rings is 1. The summed E-state index contributed by atoms with van der Waals surface area (Å²) in [6, 6.07) is 4.39. The van der Waals surface area contributed by atoms with Gasteiger partial charge in [0.2, 0.25) is 0 Å². The molecule has 3 heterocycles. The summed E-state index contributed by atoms with van der Waals surface area (Å²) in [6.45, 7) is 4.18. The Hall–Kier alpha value is -1.62. The number of carbonyl (C=O) groups is 1. The van der Waals surface area contributed by atoms with E-state index in [1.807, 2.05) is 6.92 Å². The Morgan fingerprint density at radius 1 is 1.40 bits per heavy atom. The SMILES string of the molecule is Cc1cc(C(=O)NC2CCN3CCCC3C2)cc(N)n1. The third-order valence-corrected chi connectivity index (χ3v) is 4.39. The summed E-state index contributed by atoms with van der Waals surface area (Å²) in [6.07, 6.45) is 4.69. The van der Waals surface area contributed by atoms with E-state index in [4.69, 9.17) is 5.73 Å². The first-order chi connectivity index (χ1) is 9.61. The molecule has 0 saturated carbocycles. The smallest absolute Gasteiger partial charge is 0.251 e. The van der Waals surface area contributed by atoms with Crippen molar-refractivity contribution in [3.63, 3.8) is 0 Å². The van der Waals surface area contributed by atoms with Crippen molar-refractivity contribution in [3.8, 4) is 0 Å². The predicted molar refractivity (Wildman–Crippen MR) is 78.5 cm³/mol. The minimum Gasteiger partial charge on any atom is -0.384 e. The molecule has 0 aliphatic carbocycles. The third-order valence-electron chi connectivity index (χ3n) is 4.39. The molecule has 0 spiro atoms. The number of nitrogens with zero attached hydrogens (tertiary/aromatic N) is 2. The van der Waals surface area contributed by atoms with Gasteiger partial charge in [0.1, 0.15) is 5.82 Å². The minimum absolute atomic E-state index is 0.0290. The molecule has 3 rings (SSSR count). The molecule has 2 unspecified atom stereocenters. The number of carbonyl (C=O) groups excluding carboxylic acids is 1. The van der Waals surface area contributed by atoms with Gasteiger partial charge in [0.05, 0.1) is 0 Å². The van der Waals surface area contributed by atoms with E-state index in [2.05, 4.69) is 15.2 Å². The molecule has 0 aromatic carbocycles. The summed E-state index contributed by atoms with van der Waals surface area (Å²) in [7, 11) is 0. The van der Waals surface area contributed by atoms with Gasteiger partial charge in [-0.2, -0.15) is 0 Å². The normalized spacial score (nSPS) is 26.2. The zero-order valence-corrected chi connectivity index (χ0v) is 11.9. The molecule has 2 aliphatic heterocycles. The maximum atomic E-state index is 12.3. The van der Waals surface area contributed by atoms with Gasteiger partial charge in [0.15, 0.2) is 0 Å². The van der Waals surface area contributed by atoms with Crippen LogP contribution in [0.5, 0.6) is 0 Å². The number of pyridine rings is 1. The Morgan fingerprint density at radius 2 is 2.25 bits per heavy atom. The highest BCUT2D eigenvalue weighted by atomic mass is 16.1. The lowest BCUT2D eigenvalue weighted by Gasteiger charge is -2.35. The fourth-order valence-corrected chi connectivity index (χ4v) is 3.45. The number of rotatable bonds is 2. The van der Waals surface area contributed by atoms with Crippen molar-refractivity contribution in [2.75, 3.05) is 18.8 Å². The summed E-state index contributed by atoms with van der Waals surface area (Å²) in [5.74, 6) is 0.374. The Kier molecular flexibility index (Phi) is 3.61. The van der Waals surface area contributed by atoms with Crippen molar-refractivity contribution >= 4 is 11.7 Å². The second-order valence-corrected chi connectivity index (χ2v) is 5.95. The molecule has 2 aliphatic rings. The third kappa shape index (κ3) is 2.77. The number of aromatic nitrogens is 1. The van der Waals surface area contributed by atoms with Crippen LogP contribution in [-0.2, 0) is 0 Å². The Balaban J connectivity index is 1.64. The molecule has 108 valence electrons. The number of nitrogens with one attached hydrogen (secondary N) is 1. The number of nitrogen functional groups attached to an aromatic ring is 1. The van der Waals surface area contributed by atoms with Gasteiger partial charge in [0, 0.05) is 29.9 Å². The van der Waals surface area contributed by atoms with Gasteiger partial charge in [-0.1, -0.05) is 0 Å². The van der Waals surface area contributed by atoms with Crippen molar-refractivity contribution in [2.45, 2.75) is 44.7 Å². The molecular formula is C15H22N4O. The van der Waals surface area contributed by atoms with Gasteiger partial charge in [-0.15, -0.1) is 0 Å². The fraction of sp³-hybridized carbons (Fsp3) is 0.600. The van der Waals surface area contributed by atoms with E-state index < -0.39 is 0 Å². The van der Waals surface area contributed by atoms with Gasteiger partial charge in [0.25, 0.3) is 5.91 Å². The summed E-state index contributed by atoms with van der Waals surface area (Å²) in [4.78, 5) is 19.0. The summed E-state index contributed by atoms with van der Waals surface area (Å²) in [5, 5.41) is 3.15. The van der Waals surface area contributed by atoms with Crippen molar-refractivity contribution in [3.05, 3.63) is 23.4 Å². The summed E-state index contributed by atoms with van der Waals surface area (Å²) in [5.41, 5.74) is 7.10. The van der Waals surface area contributed by atoms with E-state index in [9.17, 15) is 4.79 Å². The lowest BCUT2D eigenvalue weighted by molar-refractivity contribution is 0.0896. The van der Waals surface area contributed by atoms with E-state index in [1.54, 1.807) is 12.1 Å². The van der Waals surface area contributed by atoms with Crippen LogP contribution in [0.4, 0.5) is 5.82 Å². The zero-order chi connectivity index (χ0) is 14.1. The van der Waals surface area contributed by atoms with Gasteiger partial charge in [-0.25, -0.2) is 4.98 Å². The summed E-state index contributed by atoms with van der Waals surface area (Å²) < 4.78 is 0. The molecule has 1 amide bonds. The van der Waals surface area contributed by atoms with Crippen molar-refractivity contribution in [1.82, 2.24) is 15.2 Å². The molecule has 2 fully saturated rings. The quantitative estimate of drug-likeness (QED) is 0.853. The Labute approximate surface area is 119 Å². The number of anilines is 1. The first-order valence-corrected chi connectivity index (χ1v) is 7.41. The van der Waals surface area contributed by atoms with E-state index in [0.717, 1.165) is 25.1 Å². The molecule has 0 radical (unpaired) electrons. The molecule has 20 heavy (non-hydrogen) atoms. The number of fused-ring (bicyclic) bond motifs is 1. The predicted octanol–water partition coefficient (Wildman–Crippen LogP) is 1.33. The molecule has 2 saturated heterocycles. The number of hydrogen-bond donors (Lipinski definition) is 2. The molecule has 2 atom stereocenters. The monoisotopic (exact) mass is 274 g/mol. The first kappa shape index (κ1) is 13.4. The number of hydrogen-bond acceptors (Lipinski definition) is 4. The highest BCUT2D eigenvalue weighted by Gasteiger charge is 2.32. The van der Waals surface area contributed by atoms with E-state index in [1.165, 1.54) is 19.4 Å². The fourth-order valence-electron chi connectivity index (χ4n) is 3.45. The van der Waals surface area contributed by atoms with Gasteiger partial charge in [-0.05, 0) is 51.3 Å². The average molecular weight is 274 g/mol. The van der Waals surface area contributed by atoms with Crippen LogP contribution in [0.25, 0.3) is 0 Å². The molecule has 5 nitrogen and oxygen atoms in total. The number of amides is 1. The van der Waals surface area contributed by atoms with E-state index >= 15 is 0 Å². The molecule has 1 aromatic rings. The maximum absolute atomic E-state index is 12.3. The Morgan fingerprint density at radius 3 is 3.05 bits per heavy atom. The van der Waals surface area contributed by atoms with Crippen LogP contribution in [0.2, 0.25) is 0 Å². The van der Waals surface area contributed by atoms with Crippen LogP contribution in [0.1, 0.15) is 41.7 Å². The van der Waals surface area contributed by atoms with Gasteiger partial charge >= 0.3 is 0 Å². The maximum Gasteiger partial charge on any atom is 0.251 e. The largest absolute Gasteiger partial charge is 0.384 e. The second-order valence-electron chi connectivity index (χ2n) is 5.95. The minimum atomic E-state index is -0.0290. The number of aryl methyl sites for hydroxylation is 1. The Bertz CT molecular complexity index is 496. The van der Waals surface area contributed by atoms with Crippen molar-refractivity contribution in [2.24, 2.45) is 0 Å². The molecule has 0 bridgehead atoms. The van der Waals surface area contributed by atoms with E-state index in [-0.39, 0.29) is 11.9 Å². The van der Waals surface area contributed by atoms with Crippen LogP contribution in [0, 0.1) is 6.92 Å². The molecule has 1 aromatic heterocycles. The van der Waals surface area contributed by atoms with E-state index in [0.29, 0.717) is 17.4 Å². The second kappa shape index (κ2) is 5.40. The lowest BCUT2D eigenvalue weighted by Crippen LogP contribution is -2.47. The van der Waals surface area contributed by atoms with Crippen LogP contribution in [0.15, 0.2) is 12.1 Å². The topological polar surface area (TPSA) is 71.2 Å². The van der Waals surface area contributed by atoms with Crippen LogP contribution >= 0.6 is 0 Å². The van der Waals surface area contributed by atoms with Gasteiger partial charge in [-0.3, -0.25) is 4.79 Å². The molecular weight excluding hydrogens is 252 g/mol. The number of nitrogens with two attached hydrogens (primary N) is 1. The lowest BCUT2D eigenvalue weighted by atomic mass is 9.97.